The van der Waals surface area contributed by atoms with Crippen LogP contribution in [0.15, 0.2) is 5.11 Å². The third-order valence-electron chi connectivity index (χ3n) is 3.57. The van der Waals surface area contributed by atoms with Crippen LogP contribution < -0.4 is 5.32 Å². The van der Waals surface area contributed by atoms with E-state index in [4.69, 9.17) is 17.1 Å². The minimum Gasteiger partial charge on any atom is -0.364 e. The van der Waals surface area contributed by atoms with Gasteiger partial charge in [0.25, 0.3) is 0 Å². The van der Waals surface area contributed by atoms with Crippen molar-refractivity contribution in [3.8, 4) is 0 Å². The molecule has 0 radical (unpaired) electrons. The molecule has 1 atom stereocenters. The summed E-state index contributed by atoms with van der Waals surface area (Å²) in [6.45, 7) is 7.04. The van der Waals surface area contributed by atoms with Crippen LogP contribution in [-0.2, 0) is 0 Å². The molecule has 0 saturated carbocycles. The highest BCUT2D eigenvalue weighted by atomic mass is 35.5. The molecule has 0 aliphatic carbocycles. The SMILES string of the molecule is CCN1CCC[C@@H](Nc2nnc(Cl)c(C)c2N=[N+]=[N-])C1. The van der Waals surface area contributed by atoms with E-state index in [0.29, 0.717) is 17.1 Å². The predicted molar refractivity (Wildman–Crippen MR) is 79.3 cm³/mol. The molecule has 1 aromatic heterocycles. The average molecular weight is 296 g/mol. The van der Waals surface area contributed by atoms with Gasteiger partial charge < -0.3 is 10.2 Å². The van der Waals surface area contributed by atoms with Crippen LogP contribution in [0, 0.1) is 6.92 Å². The van der Waals surface area contributed by atoms with Gasteiger partial charge in [0.1, 0.15) is 0 Å². The minimum atomic E-state index is 0.261. The van der Waals surface area contributed by atoms with Crippen LogP contribution in [0.1, 0.15) is 25.3 Å². The smallest absolute Gasteiger partial charge is 0.158 e. The second-order valence-electron chi connectivity index (χ2n) is 4.88. The maximum Gasteiger partial charge on any atom is 0.158 e. The first-order chi connectivity index (χ1) is 9.65. The Morgan fingerprint density at radius 2 is 2.35 bits per heavy atom. The number of nitrogens with zero attached hydrogens (tertiary/aromatic N) is 6. The number of azide groups is 1. The van der Waals surface area contributed by atoms with Crippen molar-refractivity contribution in [2.75, 3.05) is 25.0 Å². The normalized spacial score (nSPS) is 19.4. The summed E-state index contributed by atoms with van der Waals surface area (Å²) in [6, 6.07) is 0.284. The third kappa shape index (κ3) is 3.30. The fraction of sp³-hybridized carbons (Fsp3) is 0.667. The maximum absolute atomic E-state index is 8.68. The molecule has 7 nitrogen and oxygen atoms in total. The number of hydrogen-bond acceptors (Lipinski definition) is 5. The van der Waals surface area contributed by atoms with E-state index in [1.807, 2.05) is 0 Å². The summed E-state index contributed by atoms with van der Waals surface area (Å²) in [5, 5.41) is 15.2. The Morgan fingerprint density at radius 1 is 1.55 bits per heavy atom. The largest absolute Gasteiger partial charge is 0.364 e. The van der Waals surface area contributed by atoms with Crippen LogP contribution in [-0.4, -0.2) is 40.8 Å². The van der Waals surface area contributed by atoms with Crippen molar-refractivity contribution in [2.24, 2.45) is 5.11 Å². The van der Waals surface area contributed by atoms with Crippen LogP contribution in [0.5, 0.6) is 0 Å². The van der Waals surface area contributed by atoms with Gasteiger partial charge in [-0.3, -0.25) is 0 Å². The van der Waals surface area contributed by atoms with Gasteiger partial charge in [0.05, 0.1) is 5.69 Å². The lowest BCUT2D eigenvalue weighted by Gasteiger charge is -2.32. The average Bonchev–Trinajstić information content (AvgIpc) is 2.47. The van der Waals surface area contributed by atoms with Gasteiger partial charge in [0, 0.05) is 23.1 Å². The quantitative estimate of drug-likeness (QED) is 0.524. The summed E-state index contributed by atoms with van der Waals surface area (Å²) >= 11 is 5.92. The zero-order valence-electron chi connectivity index (χ0n) is 11.7. The summed E-state index contributed by atoms with van der Waals surface area (Å²) in [5.41, 5.74) is 9.75. The molecule has 0 spiro atoms. The van der Waals surface area contributed by atoms with E-state index >= 15 is 0 Å². The van der Waals surface area contributed by atoms with Gasteiger partial charge in [-0.2, -0.15) is 0 Å². The first-order valence-electron chi connectivity index (χ1n) is 6.72. The highest BCUT2D eigenvalue weighted by Crippen LogP contribution is 2.31. The van der Waals surface area contributed by atoms with E-state index in [1.165, 1.54) is 0 Å². The highest BCUT2D eigenvalue weighted by Gasteiger charge is 2.21. The Hall–Kier alpha value is -1.56. The minimum absolute atomic E-state index is 0.261. The molecule has 20 heavy (non-hydrogen) atoms. The summed E-state index contributed by atoms with van der Waals surface area (Å²) in [5.74, 6) is 0.507. The number of likely N-dealkylation sites (tertiary alicyclic amines) is 1. The van der Waals surface area contributed by atoms with E-state index in [1.54, 1.807) is 6.92 Å². The number of anilines is 1. The topological polar surface area (TPSA) is 89.8 Å². The third-order valence-corrected chi connectivity index (χ3v) is 3.92. The number of piperidine rings is 1. The molecule has 0 bridgehead atoms. The lowest BCUT2D eigenvalue weighted by molar-refractivity contribution is 0.226. The van der Waals surface area contributed by atoms with Gasteiger partial charge in [-0.15, -0.1) is 10.2 Å². The van der Waals surface area contributed by atoms with Gasteiger partial charge >= 0.3 is 0 Å². The molecule has 1 aliphatic heterocycles. The lowest BCUT2D eigenvalue weighted by Crippen LogP contribution is -2.42. The van der Waals surface area contributed by atoms with Crippen molar-refractivity contribution < 1.29 is 0 Å². The first-order valence-corrected chi connectivity index (χ1v) is 7.10. The molecule has 1 saturated heterocycles. The molecule has 8 heteroatoms. The van der Waals surface area contributed by atoms with Crippen LogP contribution in [0.4, 0.5) is 11.5 Å². The predicted octanol–water partition coefficient (Wildman–Crippen LogP) is 3.28. The molecule has 0 amide bonds. The van der Waals surface area contributed by atoms with Gasteiger partial charge in [-0.05, 0) is 38.4 Å². The van der Waals surface area contributed by atoms with Gasteiger partial charge in [0.2, 0.25) is 0 Å². The summed E-state index contributed by atoms with van der Waals surface area (Å²) in [7, 11) is 0. The molecular weight excluding hydrogens is 278 g/mol. The summed E-state index contributed by atoms with van der Waals surface area (Å²) in [6.07, 6.45) is 2.21. The van der Waals surface area contributed by atoms with Crippen LogP contribution in [0.3, 0.4) is 0 Å². The van der Waals surface area contributed by atoms with Crippen molar-refractivity contribution in [3.63, 3.8) is 0 Å². The van der Waals surface area contributed by atoms with E-state index < -0.39 is 0 Å². The van der Waals surface area contributed by atoms with Crippen molar-refractivity contribution in [2.45, 2.75) is 32.7 Å². The molecule has 0 aromatic carbocycles. The van der Waals surface area contributed by atoms with Crippen LogP contribution in [0.2, 0.25) is 5.15 Å². The standard InChI is InChI=1S/C12H18ClN7/c1-3-20-6-4-5-9(7-20)15-12-10(16-19-14)8(2)11(13)17-18-12/h9H,3-7H2,1-2H3,(H,15,18)/t9-/m1/s1. The molecule has 1 aliphatic rings. The van der Waals surface area contributed by atoms with Gasteiger partial charge in [-0.25, -0.2) is 0 Å². The van der Waals surface area contributed by atoms with Crippen molar-refractivity contribution >= 4 is 23.1 Å². The molecule has 1 aromatic rings. The number of aromatic nitrogens is 2. The van der Waals surface area contributed by atoms with E-state index in [2.05, 4.69) is 37.4 Å². The molecular formula is C12H18ClN7. The second kappa shape index (κ2) is 6.74. The number of hydrogen-bond donors (Lipinski definition) is 1. The van der Waals surface area contributed by atoms with Crippen molar-refractivity contribution in [1.82, 2.24) is 15.1 Å². The fourth-order valence-electron chi connectivity index (χ4n) is 2.41. The zero-order valence-corrected chi connectivity index (χ0v) is 12.4. The molecule has 1 fully saturated rings. The number of nitrogens with one attached hydrogen (secondary N) is 1. The van der Waals surface area contributed by atoms with Gasteiger partial charge in [-0.1, -0.05) is 23.6 Å². The van der Waals surface area contributed by atoms with E-state index in [0.717, 1.165) is 32.5 Å². The zero-order chi connectivity index (χ0) is 14.5. The molecule has 1 N–H and O–H groups in total. The fourth-order valence-corrected chi connectivity index (χ4v) is 2.54. The van der Waals surface area contributed by atoms with Crippen molar-refractivity contribution in [3.05, 3.63) is 21.2 Å². The molecule has 2 rings (SSSR count). The Balaban J connectivity index is 2.20. The Morgan fingerprint density at radius 3 is 3.05 bits per heavy atom. The summed E-state index contributed by atoms with van der Waals surface area (Å²) < 4.78 is 0. The molecule has 108 valence electrons. The summed E-state index contributed by atoms with van der Waals surface area (Å²) in [4.78, 5) is 5.22. The number of rotatable bonds is 4. The molecule has 0 unspecified atom stereocenters. The van der Waals surface area contributed by atoms with E-state index in [-0.39, 0.29) is 11.2 Å². The number of likely N-dealkylation sites (N-methyl/N-ethyl adjacent to an activating group) is 1. The van der Waals surface area contributed by atoms with Crippen molar-refractivity contribution in [1.29, 1.82) is 0 Å². The second-order valence-corrected chi connectivity index (χ2v) is 5.24. The Bertz CT molecular complexity index is 527. The Labute approximate surface area is 122 Å². The number of halogens is 1. The maximum atomic E-state index is 8.68. The lowest BCUT2D eigenvalue weighted by atomic mass is 10.1. The molecule has 2 heterocycles. The monoisotopic (exact) mass is 295 g/mol. The van der Waals surface area contributed by atoms with Gasteiger partial charge in [0.15, 0.2) is 11.0 Å². The first kappa shape index (κ1) is 14.8. The van der Waals surface area contributed by atoms with Crippen LogP contribution in [0.25, 0.3) is 10.4 Å². The Kier molecular flexibility index (Phi) is 5.00. The highest BCUT2D eigenvalue weighted by molar-refractivity contribution is 6.30. The van der Waals surface area contributed by atoms with Crippen LogP contribution >= 0.6 is 11.6 Å². The van der Waals surface area contributed by atoms with E-state index in [9.17, 15) is 0 Å².